The number of aromatic nitrogens is 1. The van der Waals surface area contributed by atoms with Crippen molar-refractivity contribution in [2.45, 2.75) is 5.03 Å². The number of fused-ring (bicyclic) bond motifs is 3. The van der Waals surface area contributed by atoms with Crippen molar-refractivity contribution >= 4 is 45.1 Å². The van der Waals surface area contributed by atoms with E-state index in [4.69, 9.17) is 17.3 Å². The number of thioether (sulfide) groups is 1. The average Bonchev–Trinajstić information content (AvgIpc) is 2.54. The third kappa shape index (κ3) is 1.35. The summed E-state index contributed by atoms with van der Waals surface area (Å²) in [5.74, 6) is 0. The molecule has 1 aliphatic rings. The van der Waals surface area contributed by atoms with Crippen molar-refractivity contribution in [2.24, 2.45) is 10.8 Å². The summed E-state index contributed by atoms with van der Waals surface area (Å²) in [6, 6.07) is 5.69. The molecule has 15 heavy (non-hydrogen) atoms. The minimum absolute atomic E-state index is 0.500. The van der Waals surface area contributed by atoms with Gasteiger partial charge >= 0.3 is 0 Å². The Balaban J connectivity index is 2.27. The number of nitrogens with two attached hydrogens (primary N) is 1. The topological polar surface area (TPSA) is 66.2 Å². The Bertz CT molecular complexity index is 575. The lowest BCUT2D eigenvalue weighted by atomic mass is 10.2. The van der Waals surface area contributed by atoms with Gasteiger partial charge in [0.15, 0.2) is 5.17 Å². The molecule has 2 aromatic rings. The molecule has 0 saturated carbocycles. The summed E-state index contributed by atoms with van der Waals surface area (Å²) in [6.07, 6.45) is 0. The summed E-state index contributed by atoms with van der Waals surface area (Å²) in [7, 11) is 0. The van der Waals surface area contributed by atoms with Gasteiger partial charge in [-0.15, -0.1) is 5.10 Å². The van der Waals surface area contributed by atoms with Crippen molar-refractivity contribution in [3.8, 4) is 0 Å². The zero-order chi connectivity index (χ0) is 10.4. The second-order valence-electron chi connectivity index (χ2n) is 3.18. The molecule has 0 spiro atoms. The molecule has 4 N–H and O–H groups in total. The Labute approximate surface area is 94.9 Å². The third-order valence-electron chi connectivity index (χ3n) is 2.21. The highest BCUT2D eigenvalue weighted by molar-refractivity contribution is 8.14. The van der Waals surface area contributed by atoms with Gasteiger partial charge in [0.05, 0.1) is 5.69 Å². The maximum Gasteiger partial charge on any atom is 0.184 e. The number of halogens is 1. The maximum atomic E-state index is 5.94. The first-order valence-electron chi connectivity index (χ1n) is 4.32. The number of rotatable bonds is 0. The van der Waals surface area contributed by atoms with Gasteiger partial charge in [0.2, 0.25) is 0 Å². The van der Waals surface area contributed by atoms with Crippen LogP contribution in [0.2, 0.25) is 5.02 Å². The van der Waals surface area contributed by atoms with Crippen LogP contribution in [-0.2, 0) is 0 Å². The molecule has 1 aliphatic heterocycles. The van der Waals surface area contributed by atoms with E-state index in [1.807, 2.05) is 18.2 Å². The van der Waals surface area contributed by atoms with Crippen LogP contribution >= 0.6 is 23.4 Å². The van der Waals surface area contributed by atoms with Crippen LogP contribution in [0, 0.1) is 0 Å². The minimum atomic E-state index is 0.500. The van der Waals surface area contributed by atoms with Crippen molar-refractivity contribution in [1.82, 2.24) is 4.98 Å². The van der Waals surface area contributed by atoms with Gasteiger partial charge in [-0.3, -0.25) is 5.43 Å². The molecule has 0 bridgehead atoms. The van der Waals surface area contributed by atoms with Gasteiger partial charge < -0.3 is 10.7 Å². The number of nitrogens with one attached hydrogen (secondary N) is 2. The van der Waals surface area contributed by atoms with E-state index >= 15 is 0 Å². The van der Waals surface area contributed by atoms with E-state index < -0.39 is 0 Å². The minimum Gasteiger partial charge on any atom is -0.377 e. The number of H-pyrrole nitrogens is 1. The van der Waals surface area contributed by atoms with Gasteiger partial charge in [0.25, 0.3) is 0 Å². The molecule has 2 heterocycles. The van der Waals surface area contributed by atoms with Crippen molar-refractivity contribution in [3.63, 3.8) is 0 Å². The zero-order valence-corrected chi connectivity index (χ0v) is 9.12. The van der Waals surface area contributed by atoms with Gasteiger partial charge in [0.1, 0.15) is 5.03 Å². The molecule has 0 fully saturated rings. The number of amidine groups is 1. The van der Waals surface area contributed by atoms with Crippen LogP contribution in [-0.4, -0.2) is 10.2 Å². The Kier molecular flexibility index (Phi) is 1.83. The fourth-order valence-electron chi connectivity index (χ4n) is 1.57. The van der Waals surface area contributed by atoms with E-state index in [9.17, 15) is 0 Å². The molecular weight excluding hydrogens is 232 g/mol. The summed E-state index contributed by atoms with van der Waals surface area (Å²) in [5, 5.41) is 7.18. The van der Waals surface area contributed by atoms with E-state index in [2.05, 4.69) is 15.5 Å². The molecular formula is C9H7ClN4S. The van der Waals surface area contributed by atoms with Crippen LogP contribution in [0.5, 0.6) is 0 Å². The summed E-state index contributed by atoms with van der Waals surface area (Å²) in [5.41, 5.74) is 10.5. The van der Waals surface area contributed by atoms with Crippen LogP contribution in [0.15, 0.2) is 28.3 Å². The van der Waals surface area contributed by atoms with Crippen LogP contribution in [0.4, 0.5) is 5.69 Å². The highest BCUT2D eigenvalue weighted by Crippen LogP contribution is 2.37. The van der Waals surface area contributed by atoms with Gasteiger partial charge in [-0.25, -0.2) is 0 Å². The second kappa shape index (κ2) is 3.08. The molecule has 0 amide bonds. The van der Waals surface area contributed by atoms with Crippen LogP contribution < -0.4 is 11.2 Å². The molecule has 1 aromatic carbocycles. The number of benzene rings is 1. The molecule has 6 heteroatoms. The molecule has 0 atom stereocenters. The number of hydrazone groups is 1. The highest BCUT2D eigenvalue weighted by atomic mass is 35.5. The number of aromatic amines is 1. The van der Waals surface area contributed by atoms with E-state index in [1.54, 1.807) is 0 Å². The van der Waals surface area contributed by atoms with Gasteiger partial charge in [-0.2, -0.15) is 0 Å². The van der Waals surface area contributed by atoms with E-state index in [0.717, 1.165) is 21.6 Å². The number of hydrogen-bond acceptors (Lipinski definition) is 4. The quantitative estimate of drug-likeness (QED) is 0.661. The predicted molar refractivity (Wildman–Crippen MR) is 64.4 cm³/mol. The normalized spacial score (nSPS) is 14.6. The summed E-state index contributed by atoms with van der Waals surface area (Å²) in [6.45, 7) is 0. The third-order valence-corrected chi connectivity index (χ3v) is 3.26. The van der Waals surface area contributed by atoms with Crippen LogP contribution in [0.25, 0.3) is 10.9 Å². The van der Waals surface area contributed by atoms with Crippen molar-refractivity contribution in [3.05, 3.63) is 23.2 Å². The largest absolute Gasteiger partial charge is 0.377 e. The maximum absolute atomic E-state index is 5.94. The Morgan fingerprint density at radius 1 is 1.40 bits per heavy atom. The van der Waals surface area contributed by atoms with Crippen molar-refractivity contribution < 1.29 is 0 Å². The Morgan fingerprint density at radius 2 is 2.27 bits per heavy atom. The zero-order valence-electron chi connectivity index (χ0n) is 7.54. The van der Waals surface area contributed by atoms with Crippen molar-refractivity contribution in [2.75, 3.05) is 5.43 Å². The predicted octanol–water partition coefficient (Wildman–Crippen LogP) is 2.57. The van der Waals surface area contributed by atoms with Gasteiger partial charge in [-0.05, 0) is 30.0 Å². The standard InChI is InChI=1S/C9H7ClN4S/c10-4-1-2-6-5(3-4)7-8(12-6)15-9(11)14-13-7/h1-3,12-13H,(H2,11,14). The number of hydrogen-bond donors (Lipinski definition) is 3. The molecule has 0 aliphatic carbocycles. The fourth-order valence-corrected chi connectivity index (χ4v) is 2.46. The van der Waals surface area contributed by atoms with E-state index in [0.29, 0.717) is 10.2 Å². The Morgan fingerprint density at radius 3 is 3.13 bits per heavy atom. The lowest BCUT2D eigenvalue weighted by molar-refractivity contribution is 1.19. The lowest BCUT2D eigenvalue weighted by Crippen LogP contribution is -2.12. The molecule has 0 radical (unpaired) electrons. The average molecular weight is 239 g/mol. The summed E-state index contributed by atoms with van der Waals surface area (Å²) >= 11 is 7.35. The van der Waals surface area contributed by atoms with Gasteiger partial charge in [0, 0.05) is 15.9 Å². The highest BCUT2D eigenvalue weighted by Gasteiger charge is 2.16. The van der Waals surface area contributed by atoms with Crippen LogP contribution in [0.1, 0.15) is 0 Å². The Hall–Kier alpha value is -1.33. The van der Waals surface area contributed by atoms with E-state index in [-0.39, 0.29) is 0 Å². The smallest absolute Gasteiger partial charge is 0.184 e. The number of anilines is 1. The van der Waals surface area contributed by atoms with Gasteiger partial charge in [-0.1, -0.05) is 11.6 Å². The molecule has 0 saturated heterocycles. The first-order chi connectivity index (χ1) is 7.24. The van der Waals surface area contributed by atoms with E-state index in [1.165, 1.54) is 11.8 Å². The molecule has 1 aromatic heterocycles. The first kappa shape index (κ1) is 8.94. The second-order valence-corrected chi connectivity index (χ2v) is 4.65. The lowest BCUT2D eigenvalue weighted by Gasteiger charge is -2.09. The fraction of sp³-hybridized carbons (Fsp3) is 0. The SMILES string of the molecule is NC1=NNc2c([nH]c3ccc(Cl)cc23)S1. The van der Waals surface area contributed by atoms with Crippen molar-refractivity contribution in [1.29, 1.82) is 0 Å². The summed E-state index contributed by atoms with van der Waals surface area (Å²) < 4.78 is 0. The molecule has 76 valence electrons. The monoisotopic (exact) mass is 238 g/mol. The molecule has 4 nitrogen and oxygen atoms in total. The van der Waals surface area contributed by atoms with Crippen LogP contribution in [0.3, 0.4) is 0 Å². The summed E-state index contributed by atoms with van der Waals surface area (Å²) in [4.78, 5) is 3.25. The first-order valence-corrected chi connectivity index (χ1v) is 5.52. The molecule has 3 rings (SSSR count). The number of nitrogens with zero attached hydrogens (tertiary/aromatic N) is 1. The molecule has 0 unspecified atom stereocenters.